The van der Waals surface area contributed by atoms with Crippen molar-refractivity contribution in [3.63, 3.8) is 0 Å². The number of nitrogens with one attached hydrogen (secondary N) is 1. The number of rotatable bonds is 13. The number of hydrogen-bond donors (Lipinski definition) is 1. The molecule has 1 fully saturated rings. The van der Waals surface area contributed by atoms with Crippen molar-refractivity contribution < 1.29 is 18.0 Å². The van der Waals surface area contributed by atoms with Crippen LogP contribution in [0.15, 0.2) is 48.5 Å². The van der Waals surface area contributed by atoms with Gasteiger partial charge in [0.25, 0.3) is 0 Å². The third-order valence-corrected chi connectivity index (χ3v) is 8.92. The summed E-state index contributed by atoms with van der Waals surface area (Å²) in [6.45, 7) is 6.54. The molecular weight excluding hydrogens is 510 g/mol. The molecule has 2 aromatic carbocycles. The maximum atomic E-state index is 13.7. The van der Waals surface area contributed by atoms with Gasteiger partial charge in [-0.3, -0.25) is 13.9 Å². The first-order valence-electron chi connectivity index (χ1n) is 14.3. The molecule has 2 amide bonds. The molecule has 39 heavy (non-hydrogen) atoms. The van der Waals surface area contributed by atoms with E-state index in [-0.39, 0.29) is 30.8 Å². The number of anilines is 1. The van der Waals surface area contributed by atoms with Gasteiger partial charge in [-0.15, -0.1) is 0 Å². The van der Waals surface area contributed by atoms with Crippen LogP contribution in [0.3, 0.4) is 0 Å². The average molecular weight is 556 g/mol. The lowest BCUT2D eigenvalue weighted by molar-refractivity contribution is -0.141. The van der Waals surface area contributed by atoms with E-state index in [1.54, 1.807) is 4.90 Å². The molecule has 3 rings (SSSR count). The molecule has 0 heterocycles. The summed E-state index contributed by atoms with van der Waals surface area (Å²) in [4.78, 5) is 28.8. The summed E-state index contributed by atoms with van der Waals surface area (Å²) in [6.07, 6.45) is 8.47. The summed E-state index contributed by atoms with van der Waals surface area (Å²) in [7, 11) is -3.52. The van der Waals surface area contributed by atoms with Crippen LogP contribution in [-0.4, -0.2) is 50.0 Å². The number of nitrogens with zero attached hydrogens (tertiary/aromatic N) is 2. The zero-order chi connectivity index (χ0) is 28.4. The van der Waals surface area contributed by atoms with E-state index in [0.29, 0.717) is 25.1 Å². The highest BCUT2D eigenvalue weighted by Crippen LogP contribution is 2.22. The van der Waals surface area contributed by atoms with Crippen LogP contribution in [0.1, 0.15) is 81.9 Å². The summed E-state index contributed by atoms with van der Waals surface area (Å²) in [5, 5.41) is 3.21. The van der Waals surface area contributed by atoms with Crippen molar-refractivity contribution in [3.05, 3.63) is 65.2 Å². The van der Waals surface area contributed by atoms with Crippen molar-refractivity contribution in [1.29, 1.82) is 0 Å². The molecule has 0 spiro atoms. The molecule has 1 N–H and O–H groups in total. The van der Waals surface area contributed by atoms with Crippen LogP contribution in [0, 0.1) is 6.92 Å². The summed E-state index contributed by atoms with van der Waals surface area (Å²) in [6, 6.07) is 15.0. The van der Waals surface area contributed by atoms with Crippen molar-refractivity contribution in [2.24, 2.45) is 0 Å². The highest BCUT2D eigenvalue weighted by molar-refractivity contribution is 7.92. The number of carbonyl (C=O) groups excluding carboxylic acids is 2. The standard InChI is InChI=1S/C31H45N3O4S/c1-5-25-18-20-28(21-19-25)34(39(4,37)38)22-12-17-30(35)33(23-26-14-11-10-13-24(26)3)29(6-2)31(36)32-27-15-8-7-9-16-27/h10-11,13-14,18-21,27,29H,5-9,12,15-17,22-23H2,1-4H3,(H,32,36). The Hall–Kier alpha value is -2.87. The predicted octanol–water partition coefficient (Wildman–Crippen LogP) is 5.36. The van der Waals surface area contributed by atoms with E-state index in [4.69, 9.17) is 0 Å². The molecule has 8 heteroatoms. The Morgan fingerprint density at radius 3 is 2.26 bits per heavy atom. The molecule has 214 valence electrons. The molecule has 0 aliphatic heterocycles. The number of carbonyl (C=O) groups is 2. The maximum Gasteiger partial charge on any atom is 0.243 e. The zero-order valence-corrected chi connectivity index (χ0v) is 24.8. The third kappa shape index (κ3) is 8.82. The Labute approximate surface area is 235 Å². The highest BCUT2D eigenvalue weighted by atomic mass is 32.2. The van der Waals surface area contributed by atoms with Gasteiger partial charge in [0.05, 0.1) is 11.9 Å². The lowest BCUT2D eigenvalue weighted by Gasteiger charge is -2.33. The topological polar surface area (TPSA) is 86.8 Å². The van der Waals surface area contributed by atoms with Gasteiger partial charge in [-0.05, 0) is 67.9 Å². The summed E-state index contributed by atoms with van der Waals surface area (Å²) < 4.78 is 26.5. The van der Waals surface area contributed by atoms with E-state index in [1.165, 1.54) is 17.0 Å². The van der Waals surface area contributed by atoms with Crippen LogP contribution in [0.25, 0.3) is 0 Å². The first-order valence-corrected chi connectivity index (χ1v) is 16.2. The Kier molecular flexibility index (Phi) is 11.4. The molecule has 1 atom stereocenters. The first kappa shape index (κ1) is 30.7. The minimum Gasteiger partial charge on any atom is -0.352 e. The van der Waals surface area contributed by atoms with Crippen LogP contribution in [-0.2, 0) is 32.6 Å². The van der Waals surface area contributed by atoms with Crippen LogP contribution >= 0.6 is 0 Å². The van der Waals surface area contributed by atoms with Crippen molar-refractivity contribution in [1.82, 2.24) is 10.2 Å². The Morgan fingerprint density at radius 1 is 1.00 bits per heavy atom. The molecule has 1 aliphatic rings. The molecule has 0 radical (unpaired) electrons. The van der Waals surface area contributed by atoms with Crippen molar-refractivity contribution in [2.75, 3.05) is 17.1 Å². The van der Waals surface area contributed by atoms with E-state index in [9.17, 15) is 18.0 Å². The maximum absolute atomic E-state index is 13.7. The van der Waals surface area contributed by atoms with Gasteiger partial charge < -0.3 is 10.2 Å². The van der Waals surface area contributed by atoms with E-state index in [0.717, 1.165) is 48.8 Å². The zero-order valence-electron chi connectivity index (χ0n) is 24.0. The Morgan fingerprint density at radius 2 is 1.67 bits per heavy atom. The number of sulfonamides is 1. The summed E-state index contributed by atoms with van der Waals surface area (Å²) in [5.41, 5.74) is 3.80. The van der Waals surface area contributed by atoms with Crippen molar-refractivity contribution in [2.45, 2.75) is 97.2 Å². The lowest BCUT2D eigenvalue weighted by Crippen LogP contribution is -2.51. The fourth-order valence-corrected chi connectivity index (χ4v) is 6.30. The minimum absolute atomic E-state index is 0.0971. The monoisotopic (exact) mass is 555 g/mol. The fourth-order valence-electron chi connectivity index (χ4n) is 5.34. The Balaban J connectivity index is 1.75. The number of aryl methyl sites for hydroxylation is 2. The number of benzene rings is 2. The van der Waals surface area contributed by atoms with E-state index in [1.807, 2.05) is 62.4 Å². The second kappa shape index (κ2) is 14.5. The van der Waals surface area contributed by atoms with Crippen LogP contribution in [0.4, 0.5) is 5.69 Å². The van der Waals surface area contributed by atoms with Gasteiger partial charge in [0.2, 0.25) is 21.8 Å². The largest absolute Gasteiger partial charge is 0.352 e. The molecule has 1 aliphatic carbocycles. The smallest absolute Gasteiger partial charge is 0.243 e. The fraction of sp³-hybridized carbons (Fsp3) is 0.548. The normalized spacial score (nSPS) is 15.0. The molecule has 7 nitrogen and oxygen atoms in total. The predicted molar refractivity (Wildman–Crippen MR) is 158 cm³/mol. The van der Waals surface area contributed by atoms with Gasteiger partial charge in [0, 0.05) is 25.6 Å². The summed E-state index contributed by atoms with van der Waals surface area (Å²) in [5.74, 6) is -0.237. The second-order valence-corrected chi connectivity index (χ2v) is 12.6. The van der Waals surface area contributed by atoms with E-state index in [2.05, 4.69) is 12.2 Å². The molecule has 1 unspecified atom stereocenters. The highest BCUT2D eigenvalue weighted by Gasteiger charge is 2.30. The van der Waals surface area contributed by atoms with Gasteiger partial charge in [-0.25, -0.2) is 8.42 Å². The average Bonchev–Trinajstić information content (AvgIpc) is 2.92. The van der Waals surface area contributed by atoms with E-state index < -0.39 is 16.1 Å². The van der Waals surface area contributed by atoms with Gasteiger partial charge >= 0.3 is 0 Å². The quantitative estimate of drug-likeness (QED) is 0.361. The molecule has 0 bridgehead atoms. The summed E-state index contributed by atoms with van der Waals surface area (Å²) >= 11 is 0. The SMILES string of the molecule is CCc1ccc(N(CCCC(=O)N(Cc2ccccc2C)C(CC)C(=O)NC2CCCCC2)S(C)(=O)=O)cc1. The van der Waals surface area contributed by atoms with Crippen LogP contribution in [0.5, 0.6) is 0 Å². The van der Waals surface area contributed by atoms with Gasteiger partial charge in [0.15, 0.2) is 0 Å². The van der Waals surface area contributed by atoms with Crippen molar-refractivity contribution in [3.8, 4) is 0 Å². The second-order valence-electron chi connectivity index (χ2n) is 10.7. The van der Waals surface area contributed by atoms with Gasteiger partial charge in [-0.2, -0.15) is 0 Å². The minimum atomic E-state index is -3.52. The van der Waals surface area contributed by atoms with Crippen LogP contribution < -0.4 is 9.62 Å². The Bertz CT molecular complexity index is 1190. The molecular formula is C31H45N3O4S. The van der Waals surface area contributed by atoms with Gasteiger partial charge in [-0.1, -0.05) is 69.5 Å². The molecule has 0 saturated heterocycles. The third-order valence-electron chi connectivity index (χ3n) is 7.72. The molecule has 1 saturated carbocycles. The number of amides is 2. The lowest BCUT2D eigenvalue weighted by atomic mass is 9.95. The molecule has 2 aromatic rings. The van der Waals surface area contributed by atoms with Crippen molar-refractivity contribution >= 4 is 27.5 Å². The van der Waals surface area contributed by atoms with Crippen LogP contribution in [0.2, 0.25) is 0 Å². The van der Waals surface area contributed by atoms with Gasteiger partial charge in [0.1, 0.15) is 6.04 Å². The number of hydrogen-bond acceptors (Lipinski definition) is 4. The molecule has 0 aromatic heterocycles. The first-order chi connectivity index (χ1) is 18.6. The van der Waals surface area contributed by atoms with E-state index >= 15 is 0 Å².